The van der Waals surface area contributed by atoms with Crippen LogP contribution < -0.4 is 10.6 Å². The standard InChI is InChI=1S/C33H40N8O3S/c1-23(2)29-31-37-30(24-11-5-4-6-12-24)38-41(31)21-20-39(18-9-15-28(42)35-26(16-22-45-3)32(43)36-29)33(44)25-13-7-8-14-27(25)40-19-10-17-34-40/h4-8,10-14,17,19,23,26,29H,9,15-16,18,20-22H2,1-3H3,(H,35,42)(H,36,43)/t26-,29+/m0/s1. The van der Waals surface area contributed by atoms with Crippen molar-refractivity contribution in [1.82, 2.24) is 40.1 Å². The van der Waals surface area contributed by atoms with E-state index in [1.54, 1.807) is 39.8 Å². The molecule has 1 aliphatic heterocycles. The molecule has 0 radical (unpaired) electrons. The molecule has 2 aromatic carbocycles. The van der Waals surface area contributed by atoms with E-state index in [-0.39, 0.29) is 30.1 Å². The Bertz CT molecular complexity index is 1590. The van der Waals surface area contributed by atoms with Crippen molar-refractivity contribution in [1.29, 1.82) is 0 Å². The number of aromatic nitrogens is 5. The Morgan fingerprint density at radius 1 is 1.00 bits per heavy atom. The summed E-state index contributed by atoms with van der Waals surface area (Å²) in [5.74, 6) is 1.23. The molecule has 2 N–H and O–H groups in total. The first kappa shape index (κ1) is 32.0. The van der Waals surface area contributed by atoms with Crippen molar-refractivity contribution >= 4 is 29.5 Å². The second-order valence-corrected chi connectivity index (χ2v) is 12.4. The number of carbonyl (C=O) groups excluding carboxylic acids is 3. The number of nitrogens with one attached hydrogen (secondary N) is 2. The first-order chi connectivity index (χ1) is 21.9. The van der Waals surface area contributed by atoms with E-state index in [1.165, 1.54) is 0 Å². The summed E-state index contributed by atoms with van der Waals surface area (Å²) in [6, 6.07) is 17.7. The van der Waals surface area contributed by atoms with Crippen molar-refractivity contribution in [3.8, 4) is 17.1 Å². The van der Waals surface area contributed by atoms with Gasteiger partial charge < -0.3 is 15.5 Å². The number of fused-ring (bicyclic) bond motifs is 1. The highest BCUT2D eigenvalue weighted by Gasteiger charge is 2.30. The number of amides is 3. The topological polar surface area (TPSA) is 127 Å². The molecule has 0 bridgehead atoms. The van der Waals surface area contributed by atoms with E-state index < -0.39 is 12.1 Å². The zero-order valence-electron chi connectivity index (χ0n) is 25.9. The zero-order valence-corrected chi connectivity index (χ0v) is 26.7. The molecule has 5 rings (SSSR count). The molecule has 2 atom stereocenters. The van der Waals surface area contributed by atoms with Crippen LogP contribution in [0.15, 0.2) is 73.1 Å². The predicted octanol–water partition coefficient (Wildman–Crippen LogP) is 4.12. The lowest BCUT2D eigenvalue weighted by Crippen LogP contribution is -2.49. The summed E-state index contributed by atoms with van der Waals surface area (Å²) in [4.78, 5) is 47.5. The van der Waals surface area contributed by atoms with Gasteiger partial charge in [0, 0.05) is 37.5 Å². The van der Waals surface area contributed by atoms with E-state index in [4.69, 9.17) is 10.1 Å². The molecule has 12 heteroatoms. The van der Waals surface area contributed by atoms with Gasteiger partial charge in [-0.2, -0.15) is 22.0 Å². The molecule has 1 aliphatic rings. The number of thioether (sulfide) groups is 1. The Hall–Kier alpha value is -4.45. The third-order valence-corrected chi connectivity index (χ3v) is 8.47. The summed E-state index contributed by atoms with van der Waals surface area (Å²) in [6.45, 7) is 5.07. The Balaban J connectivity index is 1.53. The van der Waals surface area contributed by atoms with Gasteiger partial charge in [0.25, 0.3) is 5.91 Å². The van der Waals surface area contributed by atoms with Crippen LogP contribution in [0.25, 0.3) is 17.1 Å². The minimum absolute atomic E-state index is 0.0241. The van der Waals surface area contributed by atoms with Gasteiger partial charge in [-0.25, -0.2) is 14.3 Å². The molecule has 236 valence electrons. The normalized spacial score (nSPS) is 18.2. The number of para-hydroxylation sites is 1. The Kier molecular flexibility index (Phi) is 10.7. The average molecular weight is 629 g/mol. The number of hydrogen-bond donors (Lipinski definition) is 2. The second kappa shape index (κ2) is 15.0. The molecule has 45 heavy (non-hydrogen) atoms. The van der Waals surface area contributed by atoms with E-state index in [0.29, 0.717) is 55.4 Å². The van der Waals surface area contributed by atoms with Gasteiger partial charge in [-0.1, -0.05) is 56.3 Å². The molecular formula is C33H40N8O3S. The summed E-state index contributed by atoms with van der Waals surface area (Å²) in [5.41, 5.74) is 2.05. The maximum atomic E-state index is 14.1. The van der Waals surface area contributed by atoms with Crippen molar-refractivity contribution in [2.24, 2.45) is 5.92 Å². The molecule has 0 saturated heterocycles. The van der Waals surface area contributed by atoms with Gasteiger partial charge in [0.05, 0.1) is 23.8 Å². The van der Waals surface area contributed by atoms with Crippen LogP contribution in [-0.2, 0) is 16.1 Å². The van der Waals surface area contributed by atoms with Crippen LogP contribution in [0.1, 0.15) is 55.3 Å². The largest absolute Gasteiger partial charge is 0.344 e. The Labute approximate surface area is 267 Å². The van der Waals surface area contributed by atoms with Gasteiger partial charge in [-0.15, -0.1) is 0 Å². The third-order valence-electron chi connectivity index (χ3n) is 7.82. The SMILES string of the molecule is CSCC[C@@H]1NC(=O)CCCN(C(=O)c2ccccc2-n2cccn2)CCn2nc(-c3ccccc3)nc2[C@@H](C(C)C)NC1=O. The van der Waals surface area contributed by atoms with Gasteiger partial charge in [0.2, 0.25) is 11.8 Å². The predicted molar refractivity (Wildman–Crippen MR) is 175 cm³/mol. The highest BCUT2D eigenvalue weighted by molar-refractivity contribution is 7.98. The number of hydrogen-bond acceptors (Lipinski definition) is 7. The summed E-state index contributed by atoms with van der Waals surface area (Å²) in [7, 11) is 0. The van der Waals surface area contributed by atoms with E-state index in [2.05, 4.69) is 15.7 Å². The Morgan fingerprint density at radius 2 is 1.78 bits per heavy atom. The highest BCUT2D eigenvalue weighted by Crippen LogP contribution is 2.25. The minimum Gasteiger partial charge on any atom is -0.344 e. The van der Waals surface area contributed by atoms with Gasteiger partial charge >= 0.3 is 0 Å². The molecular weight excluding hydrogens is 588 g/mol. The van der Waals surface area contributed by atoms with Crippen molar-refractivity contribution < 1.29 is 14.4 Å². The summed E-state index contributed by atoms with van der Waals surface area (Å²) < 4.78 is 3.49. The number of rotatable bonds is 7. The molecule has 3 amide bonds. The van der Waals surface area contributed by atoms with Gasteiger partial charge in [0.1, 0.15) is 6.04 Å². The van der Waals surface area contributed by atoms with Crippen LogP contribution >= 0.6 is 11.8 Å². The van der Waals surface area contributed by atoms with Crippen molar-refractivity contribution in [2.75, 3.05) is 25.1 Å². The maximum Gasteiger partial charge on any atom is 0.256 e. The molecule has 0 fully saturated rings. The smallest absolute Gasteiger partial charge is 0.256 e. The van der Waals surface area contributed by atoms with Crippen molar-refractivity contribution in [3.05, 3.63) is 84.4 Å². The van der Waals surface area contributed by atoms with Crippen LogP contribution in [-0.4, -0.2) is 78.3 Å². The lowest BCUT2D eigenvalue weighted by atomic mass is 10.0. The number of carbonyl (C=O) groups is 3. The number of benzene rings is 2. The van der Waals surface area contributed by atoms with E-state index in [0.717, 1.165) is 11.3 Å². The van der Waals surface area contributed by atoms with Crippen LogP contribution in [0.3, 0.4) is 0 Å². The van der Waals surface area contributed by atoms with Gasteiger partial charge in [-0.05, 0) is 49.0 Å². The molecule has 4 aromatic rings. The average Bonchev–Trinajstić information content (AvgIpc) is 3.74. The number of nitrogens with zero attached hydrogens (tertiary/aromatic N) is 6. The molecule has 0 aliphatic carbocycles. The summed E-state index contributed by atoms with van der Waals surface area (Å²) >= 11 is 1.62. The monoisotopic (exact) mass is 628 g/mol. The van der Waals surface area contributed by atoms with E-state index >= 15 is 0 Å². The zero-order chi connectivity index (χ0) is 31.8. The minimum atomic E-state index is -0.683. The second-order valence-electron chi connectivity index (χ2n) is 11.4. The molecule has 0 spiro atoms. The summed E-state index contributed by atoms with van der Waals surface area (Å²) in [6.07, 6.45) is 6.58. The summed E-state index contributed by atoms with van der Waals surface area (Å²) in [5, 5.41) is 15.4. The van der Waals surface area contributed by atoms with Gasteiger partial charge in [-0.3, -0.25) is 14.4 Å². The van der Waals surface area contributed by atoms with Crippen LogP contribution in [0.5, 0.6) is 0 Å². The Morgan fingerprint density at radius 3 is 2.51 bits per heavy atom. The van der Waals surface area contributed by atoms with Crippen LogP contribution in [0, 0.1) is 5.92 Å². The molecule has 0 saturated carbocycles. The fourth-order valence-corrected chi connectivity index (χ4v) is 5.88. The molecule has 2 aromatic heterocycles. The fourth-order valence-electron chi connectivity index (χ4n) is 5.41. The molecule has 0 unspecified atom stereocenters. The van der Waals surface area contributed by atoms with Crippen molar-refractivity contribution in [3.63, 3.8) is 0 Å². The van der Waals surface area contributed by atoms with Gasteiger partial charge in [0.15, 0.2) is 11.6 Å². The molecule has 3 heterocycles. The molecule has 11 nitrogen and oxygen atoms in total. The maximum absolute atomic E-state index is 14.1. The third kappa shape index (κ3) is 7.80. The van der Waals surface area contributed by atoms with Crippen LogP contribution in [0.4, 0.5) is 0 Å². The van der Waals surface area contributed by atoms with Crippen LogP contribution in [0.2, 0.25) is 0 Å². The lowest BCUT2D eigenvalue weighted by Gasteiger charge is -2.28. The first-order valence-electron chi connectivity index (χ1n) is 15.3. The van der Waals surface area contributed by atoms with E-state index in [1.807, 2.05) is 79.4 Å². The highest BCUT2D eigenvalue weighted by atomic mass is 32.2. The quantitative estimate of drug-likeness (QED) is 0.315. The van der Waals surface area contributed by atoms with Crippen molar-refractivity contribution in [2.45, 2.75) is 51.7 Å². The van der Waals surface area contributed by atoms with E-state index in [9.17, 15) is 14.4 Å². The lowest BCUT2D eigenvalue weighted by molar-refractivity contribution is -0.129. The first-order valence-corrected chi connectivity index (χ1v) is 16.7. The fraction of sp³-hybridized carbons (Fsp3) is 0.394.